The van der Waals surface area contributed by atoms with Crippen molar-refractivity contribution < 1.29 is 14.3 Å². The highest BCUT2D eigenvalue weighted by Crippen LogP contribution is 2.32. The summed E-state index contributed by atoms with van der Waals surface area (Å²) in [6.45, 7) is 12.8. The fourth-order valence-electron chi connectivity index (χ4n) is 4.97. The van der Waals surface area contributed by atoms with Crippen LogP contribution in [0.5, 0.6) is 5.75 Å². The number of hydrogen-bond acceptors (Lipinski definition) is 4. The quantitative estimate of drug-likeness (QED) is 0.642. The first-order valence-corrected chi connectivity index (χ1v) is 12.9. The summed E-state index contributed by atoms with van der Waals surface area (Å²) in [5.41, 5.74) is 1.11. The monoisotopic (exact) mass is 480 g/mol. The molecule has 2 amide bonds. The molecule has 2 aromatic rings. The predicted octanol–water partition coefficient (Wildman–Crippen LogP) is 4.83. The van der Waals surface area contributed by atoms with Gasteiger partial charge >= 0.3 is 0 Å². The van der Waals surface area contributed by atoms with Crippen molar-refractivity contribution in [3.63, 3.8) is 0 Å². The molecular weight excluding hydrogens is 440 g/mol. The molecule has 1 atom stereocenters. The molecule has 7 nitrogen and oxygen atoms in total. The zero-order valence-electron chi connectivity index (χ0n) is 22.1. The molecule has 0 unspecified atom stereocenters. The summed E-state index contributed by atoms with van der Waals surface area (Å²) >= 11 is 0. The van der Waals surface area contributed by atoms with Crippen molar-refractivity contribution in [3.05, 3.63) is 47.3 Å². The third-order valence-electron chi connectivity index (χ3n) is 7.13. The van der Waals surface area contributed by atoms with Crippen molar-refractivity contribution in [2.45, 2.75) is 110 Å². The molecule has 1 saturated carbocycles. The fourth-order valence-corrected chi connectivity index (χ4v) is 4.97. The van der Waals surface area contributed by atoms with E-state index in [2.05, 4.69) is 26.1 Å². The summed E-state index contributed by atoms with van der Waals surface area (Å²) in [5, 5.41) is 8.02. The van der Waals surface area contributed by atoms with Gasteiger partial charge in [0.1, 0.15) is 17.0 Å². The van der Waals surface area contributed by atoms with E-state index in [4.69, 9.17) is 9.84 Å². The number of carbonyl (C=O) groups excluding carboxylic acids is 2. The zero-order valence-corrected chi connectivity index (χ0v) is 22.1. The standard InChI is InChI=1S/C28H40N4O3/c1-19(2)35-22-14-12-20(13-15-22)17-31-25(33)23-16-24(27(3,4)5)30-32(23)18-28(31,6)26(34)29-21-10-8-7-9-11-21/h12-16,19,21H,7-11,17-18H2,1-6H3,(H,29,34)/t28-/m1/s1. The van der Waals surface area contributed by atoms with E-state index in [1.165, 1.54) is 6.42 Å². The molecule has 1 fully saturated rings. The van der Waals surface area contributed by atoms with Crippen LogP contribution in [0, 0.1) is 0 Å². The van der Waals surface area contributed by atoms with Gasteiger partial charge in [-0.2, -0.15) is 5.10 Å². The van der Waals surface area contributed by atoms with Gasteiger partial charge < -0.3 is 15.0 Å². The molecule has 2 heterocycles. The highest BCUT2D eigenvalue weighted by Gasteiger charge is 2.48. The van der Waals surface area contributed by atoms with Crippen LogP contribution in [0.25, 0.3) is 0 Å². The van der Waals surface area contributed by atoms with Crippen LogP contribution >= 0.6 is 0 Å². The van der Waals surface area contributed by atoms with Gasteiger partial charge in [0.2, 0.25) is 5.91 Å². The van der Waals surface area contributed by atoms with Crippen molar-refractivity contribution in [2.75, 3.05) is 0 Å². The predicted molar refractivity (Wildman–Crippen MR) is 136 cm³/mol. The minimum atomic E-state index is -1.05. The van der Waals surface area contributed by atoms with Crippen LogP contribution in [-0.4, -0.2) is 44.2 Å². The van der Waals surface area contributed by atoms with Gasteiger partial charge in [-0.3, -0.25) is 14.3 Å². The summed E-state index contributed by atoms with van der Waals surface area (Å²) < 4.78 is 7.50. The van der Waals surface area contributed by atoms with Gasteiger partial charge in [0.15, 0.2) is 0 Å². The Hall–Kier alpha value is -2.83. The lowest BCUT2D eigenvalue weighted by atomic mass is 9.90. The molecule has 4 rings (SSSR count). The lowest BCUT2D eigenvalue weighted by Gasteiger charge is -2.44. The molecule has 1 aliphatic carbocycles. The topological polar surface area (TPSA) is 76.5 Å². The second-order valence-electron chi connectivity index (χ2n) is 11.6. The summed E-state index contributed by atoms with van der Waals surface area (Å²) in [5.74, 6) is 0.526. The lowest BCUT2D eigenvalue weighted by Crippen LogP contribution is -2.64. The first-order valence-electron chi connectivity index (χ1n) is 12.9. The number of hydrogen-bond donors (Lipinski definition) is 1. The summed E-state index contributed by atoms with van der Waals surface area (Å²) in [6, 6.07) is 9.83. The number of benzene rings is 1. The second kappa shape index (κ2) is 9.67. The maximum Gasteiger partial charge on any atom is 0.273 e. The highest BCUT2D eigenvalue weighted by molar-refractivity contribution is 5.99. The normalized spacial score (nSPS) is 21.2. The molecule has 35 heavy (non-hydrogen) atoms. The molecule has 1 aromatic carbocycles. The van der Waals surface area contributed by atoms with E-state index in [9.17, 15) is 9.59 Å². The van der Waals surface area contributed by atoms with E-state index in [1.54, 1.807) is 9.58 Å². The van der Waals surface area contributed by atoms with Crippen molar-refractivity contribution in [2.24, 2.45) is 0 Å². The number of carbonyl (C=O) groups is 2. The van der Waals surface area contributed by atoms with E-state index >= 15 is 0 Å². The molecule has 0 radical (unpaired) electrons. The molecule has 0 bridgehead atoms. The van der Waals surface area contributed by atoms with Crippen molar-refractivity contribution in [1.29, 1.82) is 0 Å². The number of nitrogens with one attached hydrogen (secondary N) is 1. The number of aromatic nitrogens is 2. The van der Waals surface area contributed by atoms with Crippen LogP contribution in [0.4, 0.5) is 0 Å². The first-order chi connectivity index (χ1) is 16.5. The minimum Gasteiger partial charge on any atom is -0.491 e. The van der Waals surface area contributed by atoms with Crippen LogP contribution in [0.15, 0.2) is 30.3 Å². The second-order valence-corrected chi connectivity index (χ2v) is 11.6. The van der Waals surface area contributed by atoms with E-state index in [1.807, 2.05) is 51.1 Å². The van der Waals surface area contributed by atoms with Crippen LogP contribution < -0.4 is 10.1 Å². The molecule has 1 N–H and O–H groups in total. The van der Waals surface area contributed by atoms with Gasteiger partial charge in [0.25, 0.3) is 5.91 Å². The van der Waals surface area contributed by atoms with Crippen LogP contribution in [0.1, 0.15) is 95.4 Å². The van der Waals surface area contributed by atoms with Crippen LogP contribution in [0.3, 0.4) is 0 Å². The van der Waals surface area contributed by atoms with Gasteiger partial charge in [0.05, 0.1) is 18.3 Å². The first kappa shape index (κ1) is 25.3. The minimum absolute atomic E-state index is 0.0913. The number of fused-ring (bicyclic) bond motifs is 1. The Balaban J connectivity index is 1.66. The molecule has 1 aliphatic heterocycles. The third-order valence-corrected chi connectivity index (χ3v) is 7.13. The Morgan fingerprint density at radius 3 is 2.43 bits per heavy atom. The van der Waals surface area contributed by atoms with E-state index in [0.29, 0.717) is 18.8 Å². The number of amides is 2. The highest BCUT2D eigenvalue weighted by atomic mass is 16.5. The van der Waals surface area contributed by atoms with Crippen LogP contribution in [-0.2, 0) is 23.3 Å². The smallest absolute Gasteiger partial charge is 0.273 e. The van der Waals surface area contributed by atoms with Gasteiger partial charge in [-0.15, -0.1) is 0 Å². The van der Waals surface area contributed by atoms with E-state index in [0.717, 1.165) is 42.7 Å². The molecule has 1 aromatic heterocycles. The Labute approximate surface area is 209 Å². The fraction of sp³-hybridized carbons (Fsp3) is 0.607. The molecule has 2 aliphatic rings. The molecule has 7 heteroatoms. The summed E-state index contributed by atoms with van der Waals surface area (Å²) in [6.07, 6.45) is 5.56. The Bertz CT molecular complexity index is 1060. The summed E-state index contributed by atoms with van der Waals surface area (Å²) in [7, 11) is 0. The largest absolute Gasteiger partial charge is 0.491 e. The van der Waals surface area contributed by atoms with E-state index in [-0.39, 0.29) is 29.4 Å². The molecule has 0 saturated heterocycles. The molecule has 0 spiro atoms. The molecular formula is C28H40N4O3. The lowest BCUT2D eigenvalue weighted by molar-refractivity contribution is -0.134. The summed E-state index contributed by atoms with van der Waals surface area (Å²) in [4.78, 5) is 29.3. The van der Waals surface area contributed by atoms with Crippen molar-refractivity contribution in [1.82, 2.24) is 20.0 Å². The van der Waals surface area contributed by atoms with Gasteiger partial charge in [0, 0.05) is 18.0 Å². The number of nitrogens with zero attached hydrogens (tertiary/aromatic N) is 3. The van der Waals surface area contributed by atoms with Crippen molar-refractivity contribution >= 4 is 11.8 Å². The number of ether oxygens (including phenoxy) is 1. The average Bonchev–Trinajstić information content (AvgIpc) is 3.22. The van der Waals surface area contributed by atoms with Gasteiger partial charge in [-0.25, -0.2) is 0 Å². The SMILES string of the molecule is CC(C)Oc1ccc(CN2C(=O)c3cc(C(C)(C)C)nn3C[C@]2(C)C(=O)NC2CCCCC2)cc1. The average molecular weight is 481 g/mol. The Kier molecular flexibility index (Phi) is 6.98. The number of rotatable bonds is 6. The molecule has 190 valence electrons. The van der Waals surface area contributed by atoms with E-state index < -0.39 is 5.54 Å². The van der Waals surface area contributed by atoms with Crippen molar-refractivity contribution in [3.8, 4) is 5.75 Å². The maximum absolute atomic E-state index is 13.8. The Morgan fingerprint density at radius 1 is 1.17 bits per heavy atom. The van der Waals surface area contributed by atoms with Gasteiger partial charge in [-0.1, -0.05) is 52.2 Å². The third kappa shape index (κ3) is 5.39. The maximum atomic E-state index is 13.8. The Morgan fingerprint density at radius 2 is 1.83 bits per heavy atom. The zero-order chi connectivity index (χ0) is 25.4. The van der Waals surface area contributed by atoms with Gasteiger partial charge in [-0.05, 0) is 57.4 Å². The van der Waals surface area contributed by atoms with Crippen LogP contribution in [0.2, 0.25) is 0 Å².